The Bertz CT molecular complexity index is 325. The second-order valence-electron chi connectivity index (χ2n) is 3.41. The van der Waals surface area contributed by atoms with Crippen molar-refractivity contribution in [1.29, 1.82) is 0 Å². The van der Waals surface area contributed by atoms with Crippen LogP contribution in [-0.2, 0) is 6.54 Å². The minimum absolute atomic E-state index is 0.830. The number of nitrogens with one attached hydrogen (secondary N) is 1. The summed E-state index contributed by atoms with van der Waals surface area (Å²) in [5, 5.41) is 0. The molecule has 5 heteroatoms. The Balaban J connectivity index is 1.82. The molecule has 0 aliphatic carbocycles. The number of nitrogens with zero attached hydrogens (tertiary/aromatic N) is 2. The minimum atomic E-state index is 0.830. The normalized spacial score (nSPS) is 18.6. The molecule has 0 amide bonds. The van der Waals surface area contributed by atoms with E-state index in [-0.39, 0.29) is 0 Å². The lowest BCUT2D eigenvalue weighted by atomic mass is 10.4. The number of aromatic amines is 1. The number of hydrogen-bond donors (Lipinski definition) is 1. The predicted molar refractivity (Wildman–Crippen MR) is 63.4 cm³/mol. The fourth-order valence-electron chi connectivity index (χ4n) is 1.60. The van der Waals surface area contributed by atoms with Crippen LogP contribution in [0.25, 0.3) is 0 Å². The van der Waals surface area contributed by atoms with Gasteiger partial charge in [0.15, 0.2) is 4.77 Å². The summed E-state index contributed by atoms with van der Waals surface area (Å²) >= 11 is 7.19. The lowest BCUT2D eigenvalue weighted by Gasteiger charge is -2.25. The summed E-state index contributed by atoms with van der Waals surface area (Å²) in [7, 11) is 0. The van der Waals surface area contributed by atoms with Gasteiger partial charge in [-0.05, 0) is 12.2 Å². The third-order valence-electron chi connectivity index (χ3n) is 2.48. The maximum absolute atomic E-state index is 5.14. The molecule has 0 saturated carbocycles. The van der Waals surface area contributed by atoms with Gasteiger partial charge in [0.2, 0.25) is 0 Å². The fraction of sp³-hybridized carbons (Fsp3) is 0.667. The zero-order valence-corrected chi connectivity index (χ0v) is 9.74. The van der Waals surface area contributed by atoms with Gasteiger partial charge in [0.05, 0.1) is 0 Å². The van der Waals surface area contributed by atoms with E-state index in [1.54, 1.807) is 0 Å². The smallest absolute Gasteiger partial charge is 0.177 e. The molecule has 0 aromatic carbocycles. The van der Waals surface area contributed by atoms with Crippen LogP contribution >= 0.6 is 24.0 Å². The first-order chi connectivity index (χ1) is 6.86. The number of aromatic nitrogens is 2. The molecule has 0 atom stereocenters. The second kappa shape index (κ2) is 5.00. The SMILES string of the molecule is S=c1[nH]ccn1CCN1CCSCC1. The molecule has 0 spiro atoms. The molecule has 0 unspecified atom stereocenters. The third-order valence-corrected chi connectivity index (χ3v) is 3.78. The van der Waals surface area contributed by atoms with E-state index in [4.69, 9.17) is 12.2 Å². The molecule has 1 saturated heterocycles. The summed E-state index contributed by atoms with van der Waals surface area (Å²) in [6.07, 6.45) is 3.91. The first kappa shape index (κ1) is 10.3. The van der Waals surface area contributed by atoms with Crippen LogP contribution in [0.2, 0.25) is 0 Å². The molecule has 1 aromatic rings. The van der Waals surface area contributed by atoms with Gasteiger partial charge in [-0.3, -0.25) is 4.90 Å². The van der Waals surface area contributed by atoms with Gasteiger partial charge in [-0.1, -0.05) is 0 Å². The van der Waals surface area contributed by atoms with Gasteiger partial charge in [-0.2, -0.15) is 11.8 Å². The van der Waals surface area contributed by atoms with E-state index in [1.165, 1.54) is 24.6 Å². The van der Waals surface area contributed by atoms with E-state index in [9.17, 15) is 0 Å². The lowest BCUT2D eigenvalue weighted by molar-refractivity contribution is 0.289. The maximum atomic E-state index is 5.14. The van der Waals surface area contributed by atoms with Gasteiger partial charge in [-0.25, -0.2) is 0 Å². The minimum Gasteiger partial charge on any atom is -0.337 e. The summed E-state index contributed by atoms with van der Waals surface area (Å²) < 4.78 is 2.92. The number of H-pyrrole nitrogens is 1. The largest absolute Gasteiger partial charge is 0.337 e. The topological polar surface area (TPSA) is 24.0 Å². The van der Waals surface area contributed by atoms with Crippen molar-refractivity contribution in [3.63, 3.8) is 0 Å². The van der Waals surface area contributed by atoms with Crippen molar-refractivity contribution in [3.8, 4) is 0 Å². The molecule has 2 rings (SSSR count). The lowest BCUT2D eigenvalue weighted by Crippen LogP contribution is -2.35. The van der Waals surface area contributed by atoms with Crippen molar-refractivity contribution in [2.45, 2.75) is 6.54 Å². The molecule has 0 bridgehead atoms. The van der Waals surface area contributed by atoms with Crippen LogP contribution in [0.3, 0.4) is 0 Å². The second-order valence-corrected chi connectivity index (χ2v) is 5.02. The van der Waals surface area contributed by atoms with Crippen molar-refractivity contribution in [1.82, 2.24) is 14.5 Å². The van der Waals surface area contributed by atoms with Gasteiger partial charge < -0.3 is 9.55 Å². The van der Waals surface area contributed by atoms with Crippen molar-refractivity contribution < 1.29 is 0 Å². The van der Waals surface area contributed by atoms with Crippen LogP contribution in [0.15, 0.2) is 12.4 Å². The molecule has 1 aliphatic heterocycles. The summed E-state index contributed by atoms with van der Waals surface area (Å²) in [4.78, 5) is 5.52. The quantitative estimate of drug-likeness (QED) is 0.797. The number of thioether (sulfide) groups is 1. The highest BCUT2D eigenvalue weighted by molar-refractivity contribution is 7.99. The van der Waals surface area contributed by atoms with Crippen molar-refractivity contribution in [2.75, 3.05) is 31.1 Å². The molecule has 1 N–H and O–H groups in total. The van der Waals surface area contributed by atoms with E-state index in [2.05, 4.69) is 14.5 Å². The van der Waals surface area contributed by atoms with Gasteiger partial charge >= 0.3 is 0 Å². The Morgan fingerprint density at radius 1 is 1.36 bits per heavy atom. The zero-order chi connectivity index (χ0) is 9.80. The Morgan fingerprint density at radius 2 is 2.14 bits per heavy atom. The standard InChI is InChI=1S/C9H15N3S2/c13-9-10-1-2-12(9)4-3-11-5-7-14-8-6-11/h1-2H,3-8H2,(H,10,13). The first-order valence-corrected chi connectivity index (χ1v) is 6.46. The molecule has 2 heterocycles. The third kappa shape index (κ3) is 2.62. The Kier molecular flexibility index (Phi) is 3.67. The maximum Gasteiger partial charge on any atom is 0.177 e. The van der Waals surface area contributed by atoms with Crippen molar-refractivity contribution in [2.24, 2.45) is 0 Å². The van der Waals surface area contributed by atoms with Crippen LogP contribution in [0, 0.1) is 4.77 Å². The van der Waals surface area contributed by atoms with Crippen LogP contribution in [-0.4, -0.2) is 45.6 Å². The molecule has 1 aromatic heterocycles. The van der Waals surface area contributed by atoms with E-state index in [0.717, 1.165) is 17.9 Å². The predicted octanol–water partition coefficient (Wildman–Crippen LogP) is 1.59. The van der Waals surface area contributed by atoms with Crippen LogP contribution in [0.4, 0.5) is 0 Å². The molecule has 3 nitrogen and oxygen atoms in total. The van der Waals surface area contributed by atoms with E-state index in [1.807, 2.05) is 24.2 Å². The Hall–Kier alpha value is -0.260. The number of imidazole rings is 1. The van der Waals surface area contributed by atoms with Gasteiger partial charge in [0.25, 0.3) is 0 Å². The molecule has 1 fully saturated rings. The van der Waals surface area contributed by atoms with Gasteiger partial charge in [0.1, 0.15) is 0 Å². The first-order valence-electron chi connectivity index (χ1n) is 4.90. The van der Waals surface area contributed by atoms with Crippen LogP contribution < -0.4 is 0 Å². The Labute approximate surface area is 93.5 Å². The summed E-state index contributed by atoms with van der Waals surface area (Å²) in [6, 6.07) is 0. The van der Waals surface area contributed by atoms with Gasteiger partial charge in [-0.15, -0.1) is 0 Å². The van der Waals surface area contributed by atoms with Crippen LogP contribution in [0.1, 0.15) is 0 Å². The molecule has 14 heavy (non-hydrogen) atoms. The molecule has 0 radical (unpaired) electrons. The highest BCUT2D eigenvalue weighted by atomic mass is 32.2. The van der Waals surface area contributed by atoms with E-state index < -0.39 is 0 Å². The van der Waals surface area contributed by atoms with Gasteiger partial charge in [0, 0.05) is 50.1 Å². The average Bonchev–Trinajstić information content (AvgIpc) is 2.63. The fourth-order valence-corrected chi connectivity index (χ4v) is 2.80. The highest BCUT2D eigenvalue weighted by Crippen LogP contribution is 2.08. The monoisotopic (exact) mass is 229 g/mol. The van der Waals surface area contributed by atoms with Crippen molar-refractivity contribution >= 4 is 24.0 Å². The van der Waals surface area contributed by atoms with Crippen molar-refractivity contribution in [3.05, 3.63) is 17.2 Å². The van der Waals surface area contributed by atoms with Crippen LogP contribution in [0.5, 0.6) is 0 Å². The average molecular weight is 229 g/mol. The number of hydrogen-bond acceptors (Lipinski definition) is 3. The molecular weight excluding hydrogens is 214 g/mol. The van der Waals surface area contributed by atoms with E-state index in [0.29, 0.717) is 0 Å². The summed E-state index contributed by atoms with van der Waals surface area (Å²) in [5.74, 6) is 2.55. The number of rotatable bonds is 3. The van der Waals surface area contributed by atoms with E-state index >= 15 is 0 Å². The summed E-state index contributed by atoms with van der Waals surface area (Å²) in [6.45, 7) is 4.57. The highest BCUT2D eigenvalue weighted by Gasteiger charge is 2.09. The molecule has 1 aliphatic rings. The molecule has 78 valence electrons. The summed E-state index contributed by atoms with van der Waals surface area (Å²) in [5.41, 5.74) is 0. The zero-order valence-electron chi connectivity index (χ0n) is 8.11. The Morgan fingerprint density at radius 3 is 2.79 bits per heavy atom. The molecular formula is C9H15N3S2.